The second-order valence-electron chi connectivity index (χ2n) is 10.5. The molecule has 0 spiro atoms. The Morgan fingerprint density at radius 1 is 0.406 bits per heavy atom. The van der Waals surface area contributed by atoms with Gasteiger partial charge in [0, 0.05) is 0 Å². The zero-order valence-electron chi connectivity index (χ0n) is 23.6. The quantitative estimate of drug-likeness (QED) is 0.138. The summed E-state index contributed by atoms with van der Waals surface area (Å²) in [5.74, 6) is 0. The van der Waals surface area contributed by atoms with Crippen LogP contribution < -0.4 is 0 Å². The van der Waals surface area contributed by atoms with Crippen LogP contribution in [0.4, 0.5) is 0 Å². The fraction of sp³-hybridized carbons (Fsp3) is 1.00. The lowest BCUT2D eigenvalue weighted by Gasteiger charge is -2.41. The lowest BCUT2D eigenvalue weighted by molar-refractivity contribution is 0.282. The van der Waals surface area contributed by atoms with Crippen LogP contribution in [-0.4, -0.2) is 32.3 Å². The van der Waals surface area contributed by atoms with Crippen LogP contribution in [0.5, 0.6) is 0 Å². The molecule has 0 aliphatic rings. The zero-order chi connectivity index (χ0) is 24.5. The molecule has 0 N–H and O–H groups in total. The van der Waals surface area contributed by atoms with E-state index in [1.807, 2.05) is 0 Å². The van der Waals surface area contributed by atoms with Crippen molar-refractivity contribution in [2.24, 2.45) is 0 Å². The minimum absolute atomic E-state index is 0.405. The monoisotopic (exact) mass is 502 g/mol. The lowest BCUT2D eigenvalue weighted by Crippen LogP contribution is -2.55. The Hall–Kier alpha value is 0.596. The fourth-order valence-electron chi connectivity index (χ4n) is 5.85. The molecule has 0 rings (SSSR count). The molecule has 7 heteroatoms. The molecule has 0 amide bonds. The number of hydrogen-bond acceptors (Lipinski definition) is 3. The number of hydrogen-bond donors (Lipinski definition) is 0. The molecular formula is C25H59BO3Si3. The topological polar surface area (TPSA) is 27.7 Å². The van der Waals surface area contributed by atoms with Gasteiger partial charge < -0.3 is 13.0 Å². The fourth-order valence-corrected chi connectivity index (χ4v) is 18.0. The van der Waals surface area contributed by atoms with Crippen molar-refractivity contribution in [3.8, 4) is 0 Å². The first-order chi connectivity index (χ1) is 15.3. The summed E-state index contributed by atoms with van der Waals surface area (Å²) in [7, 11) is -6.02. The van der Waals surface area contributed by atoms with Gasteiger partial charge in [0.05, 0.1) is 0 Å². The molecule has 0 saturated heterocycles. The van der Waals surface area contributed by atoms with Gasteiger partial charge in [0.25, 0.3) is 0 Å². The third-order valence-electron chi connectivity index (χ3n) is 6.86. The molecule has 0 aromatic heterocycles. The molecule has 0 aliphatic heterocycles. The molecular weight excluding hydrogens is 443 g/mol. The van der Waals surface area contributed by atoms with Crippen molar-refractivity contribution in [1.82, 2.24) is 0 Å². The lowest BCUT2D eigenvalue weighted by atomic mass is 10.3. The van der Waals surface area contributed by atoms with E-state index in [1.54, 1.807) is 0 Å². The molecule has 192 valence electrons. The summed E-state index contributed by atoms with van der Waals surface area (Å²) in [6.07, 6.45) is 9.63. The Morgan fingerprint density at radius 2 is 0.656 bits per heavy atom. The van der Waals surface area contributed by atoms with Crippen molar-refractivity contribution >= 4 is 32.3 Å². The smallest absolute Gasteiger partial charge is 0.429 e. The third kappa shape index (κ3) is 11.8. The van der Waals surface area contributed by atoms with Crippen LogP contribution in [0, 0.1) is 0 Å². The minimum Gasteiger partial charge on any atom is -0.429 e. The predicted octanol–water partition coefficient (Wildman–Crippen LogP) is 9.77. The Labute approximate surface area is 206 Å². The maximum Gasteiger partial charge on any atom is 0.606 e. The van der Waals surface area contributed by atoms with Crippen molar-refractivity contribution in [1.29, 1.82) is 0 Å². The van der Waals surface area contributed by atoms with E-state index in [-0.39, 0.29) is 0 Å². The van der Waals surface area contributed by atoms with Gasteiger partial charge in [-0.15, -0.1) is 0 Å². The van der Waals surface area contributed by atoms with Gasteiger partial charge in [-0.25, -0.2) is 0 Å². The van der Waals surface area contributed by atoms with Crippen molar-refractivity contribution in [3.05, 3.63) is 0 Å². The molecule has 0 unspecified atom stereocenters. The highest BCUT2D eigenvalue weighted by Crippen LogP contribution is 2.34. The van der Waals surface area contributed by atoms with E-state index in [9.17, 15) is 0 Å². The van der Waals surface area contributed by atoms with Gasteiger partial charge in [0.2, 0.25) is 0 Å². The van der Waals surface area contributed by atoms with Crippen molar-refractivity contribution in [3.63, 3.8) is 0 Å². The van der Waals surface area contributed by atoms with Crippen molar-refractivity contribution in [2.45, 2.75) is 162 Å². The molecule has 32 heavy (non-hydrogen) atoms. The summed E-state index contributed by atoms with van der Waals surface area (Å²) in [5, 5.41) is 0. The summed E-state index contributed by atoms with van der Waals surface area (Å²) in [6.45, 7) is 21.0. The highest BCUT2D eigenvalue weighted by Gasteiger charge is 2.46. The van der Waals surface area contributed by atoms with E-state index < -0.39 is 32.3 Å². The summed E-state index contributed by atoms with van der Waals surface area (Å²) in [5.41, 5.74) is 0. The average Bonchev–Trinajstić information content (AvgIpc) is 2.69. The van der Waals surface area contributed by atoms with Crippen LogP contribution in [0.2, 0.25) is 54.9 Å². The van der Waals surface area contributed by atoms with E-state index in [4.69, 9.17) is 13.0 Å². The standard InChI is InChI=1S/C25H59BO3Si3/c1-10-18-30(9,19-11-2)27-26(28-31(20-12-3,21-13-4)22-14-5)29-32(23-15-6,24-16-7)25-17-8/h10-25H2,1-9H3. The average molecular weight is 503 g/mol. The van der Waals surface area contributed by atoms with Gasteiger partial charge in [-0.2, -0.15) is 0 Å². The van der Waals surface area contributed by atoms with Gasteiger partial charge >= 0.3 is 7.32 Å². The Bertz CT molecular complexity index is 386. The predicted molar refractivity (Wildman–Crippen MR) is 153 cm³/mol. The van der Waals surface area contributed by atoms with Crippen LogP contribution >= 0.6 is 0 Å². The van der Waals surface area contributed by atoms with Crippen molar-refractivity contribution in [2.75, 3.05) is 0 Å². The maximum atomic E-state index is 7.21. The van der Waals surface area contributed by atoms with E-state index in [1.165, 1.54) is 99.7 Å². The maximum absolute atomic E-state index is 7.21. The van der Waals surface area contributed by atoms with Crippen molar-refractivity contribution < 1.29 is 13.0 Å². The molecule has 0 bridgehead atoms. The Kier molecular flexibility index (Phi) is 18.3. The summed E-state index contributed by atoms with van der Waals surface area (Å²) in [6, 6.07) is 9.84. The second kappa shape index (κ2) is 17.9. The summed E-state index contributed by atoms with van der Waals surface area (Å²) >= 11 is 0. The molecule has 0 aliphatic carbocycles. The van der Waals surface area contributed by atoms with Crippen LogP contribution in [0.3, 0.4) is 0 Å². The molecule has 0 aromatic rings. The highest BCUT2D eigenvalue weighted by molar-refractivity contribution is 6.86. The van der Waals surface area contributed by atoms with E-state index in [0.717, 1.165) is 0 Å². The first-order valence-corrected chi connectivity index (χ1v) is 22.2. The van der Waals surface area contributed by atoms with Gasteiger partial charge in [-0.05, 0) is 54.9 Å². The van der Waals surface area contributed by atoms with Gasteiger partial charge in [0.1, 0.15) is 0 Å². The van der Waals surface area contributed by atoms with E-state index >= 15 is 0 Å². The minimum atomic E-state index is -1.88. The van der Waals surface area contributed by atoms with E-state index in [2.05, 4.69) is 61.9 Å². The normalized spacial score (nSPS) is 13.0. The molecule has 0 saturated carbocycles. The molecule has 0 radical (unpaired) electrons. The zero-order valence-corrected chi connectivity index (χ0v) is 26.6. The Balaban J connectivity index is 6.17. The van der Waals surface area contributed by atoms with Crippen LogP contribution in [0.25, 0.3) is 0 Å². The van der Waals surface area contributed by atoms with Crippen LogP contribution in [-0.2, 0) is 13.0 Å². The molecule has 0 aromatic carbocycles. The SMILES string of the molecule is CCC[Si](C)(CCC)OB(O[Si](CCC)(CCC)CCC)O[Si](CCC)(CCC)CCC. The summed E-state index contributed by atoms with van der Waals surface area (Å²) < 4.78 is 21.5. The van der Waals surface area contributed by atoms with Crippen LogP contribution in [0.15, 0.2) is 0 Å². The number of rotatable bonds is 22. The summed E-state index contributed by atoms with van der Waals surface area (Å²) in [4.78, 5) is 0. The van der Waals surface area contributed by atoms with E-state index in [0.29, 0.717) is 0 Å². The van der Waals surface area contributed by atoms with Gasteiger partial charge in [-0.3, -0.25) is 0 Å². The largest absolute Gasteiger partial charge is 0.606 e. The molecule has 3 nitrogen and oxygen atoms in total. The first-order valence-electron chi connectivity index (χ1n) is 14.3. The third-order valence-corrected chi connectivity index (χ3v) is 20.6. The molecule has 0 fully saturated rings. The second-order valence-corrected chi connectivity index (χ2v) is 22.8. The van der Waals surface area contributed by atoms with Gasteiger partial charge in [-0.1, -0.05) is 107 Å². The van der Waals surface area contributed by atoms with Gasteiger partial charge in [0.15, 0.2) is 25.0 Å². The molecule has 0 atom stereocenters. The highest BCUT2D eigenvalue weighted by atomic mass is 28.4. The molecule has 0 heterocycles. The first kappa shape index (κ1) is 32.6. The Morgan fingerprint density at radius 3 is 0.875 bits per heavy atom. The van der Waals surface area contributed by atoms with Crippen LogP contribution in [0.1, 0.15) is 107 Å².